The Bertz CT molecular complexity index is 370. The summed E-state index contributed by atoms with van der Waals surface area (Å²) in [5.41, 5.74) is 0.428. The van der Waals surface area contributed by atoms with Crippen LogP contribution in [-0.2, 0) is 6.54 Å². The van der Waals surface area contributed by atoms with Crippen LogP contribution in [0.15, 0.2) is 11.6 Å². The van der Waals surface area contributed by atoms with Crippen molar-refractivity contribution in [3.8, 4) is 0 Å². The van der Waals surface area contributed by atoms with Crippen LogP contribution in [0.5, 0.6) is 0 Å². The van der Waals surface area contributed by atoms with Crippen LogP contribution in [0.3, 0.4) is 0 Å². The molecule has 0 radical (unpaired) electrons. The number of aromatic nitrogens is 1. The van der Waals surface area contributed by atoms with Gasteiger partial charge >= 0.3 is 0 Å². The standard InChI is InChI=1S/C14H23N3S/c1-2-12-9-17(10-13-15-7-8-18-13)14(11-16-12)5-3-4-6-14/h7-8,12,16H,2-6,9-11H2,1H3. The minimum atomic E-state index is 0.428. The summed E-state index contributed by atoms with van der Waals surface area (Å²) in [7, 11) is 0. The van der Waals surface area contributed by atoms with Crippen LogP contribution in [0.25, 0.3) is 0 Å². The van der Waals surface area contributed by atoms with Crippen LogP contribution in [0, 0.1) is 0 Å². The molecule has 1 atom stereocenters. The van der Waals surface area contributed by atoms with Crippen molar-refractivity contribution in [3.63, 3.8) is 0 Å². The largest absolute Gasteiger partial charge is 0.311 e. The number of thiazole rings is 1. The van der Waals surface area contributed by atoms with Crippen molar-refractivity contribution < 1.29 is 0 Å². The van der Waals surface area contributed by atoms with Gasteiger partial charge in [-0.15, -0.1) is 11.3 Å². The first-order valence-electron chi connectivity index (χ1n) is 7.19. The fourth-order valence-electron chi connectivity index (χ4n) is 3.50. The Kier molecular flexibility index (Phi) is 3.68. The van der Waals surface area contributed by atoms with Crippen molar-refractivity contribution in [1.82, 2.24) is 15.2 Å². The molecule has 1 aromatic rings. The average Bonchev–Trinajstić information content (AvgIpc) is 3.04. The molecule has 2 fully saturated rings. The summed E-state index contributed by atoms with van der Waals surface area (Å²) < 4.78 is 0. The van der Waals surface area contributed by atoms with Crippen molar-refractivity contribution in [1.29, 1.82) is 0 Å². The fraction of sp³-hybridized carbons (Fsp3) is 0.786. The first-order chi connectivity index (χ1) is 8.82. The van der Waals surface area contributed by atoms with Crippen molar-refractivity contribution >= 4 is 11.3 Å². The highest BCUT2D eigenvalue weighted by Crippen LogP contribution is 2.38. The van der Waals surface area contributed by atoms with E-state index in [1.165, 1.54) is 50.2 Å². The van der Waals surface area contributed by atoms with Crippen LogP contribution in [0.2, 0.25) is 0 Å². The smallest absolute Gasteiger partial charge is 0.107 e. The van der Waals surface area contributed by atoms with E-state index in [1.807, 2.05) is 6.20 Å². The molecule has 1 saturated heterocycles. The highest BCUT2D eigenvalue weighted by Gasteiger charge is 2.43. The number of rotatable bonds is 3. The molecule has 1 aliphatic carbocycles. The molecule has 18 heavy (non-hydrogen) atoms. The summed E-state index contributed by atoms with van der Waals surface area (Å²) in [6.45, 7) is 5.70. The van der Waals surface area contributed by atoms with E-state index in [4.69, 9.17) is 0 Å². The molecule has 0 bridgehead atoms. The summed E-state index contributed by atoms with van der Waals surface area (Å²) in [5.74, 6) is 0. The van der Waals surface area contributed by atoms with Gasteiger partial charge in [-0.1, -0.05) is 19.8 Å². The van der Waals surface area contributed by atoms with Gasteiger partial charge in [0.1, 0.15) is 5.01 Å². The summed E-state index contributed by atoms with van der Waals surface area (Å²) >= 11 is 1.79. The zero-order chi connectivity index (χ0) is 12.4. The second-order valence-electron chi connectivity index (χ2n) is 5.72. The SMILES string of the molecule is CCC1CN(Cc2nccs2)C2(CCCC2)CN1. The predicted molar refractivity (Wildman–Crippen MR) is 75.8 cm³/mol. The van der Waals surface area contributed by atoms with E-state index in [0.717, 1.165) is 6.54 Å². The molecule has 1 aliphatic heterocycles. The van der Waals surface area contributed by atoms with E-state index in [0.29, 0.717) is 11.6 Å². The Morgan fingerprint density at radius 1 is 1.50 bits per heavy atom. The lowest BCUT2D eigenvalue weighted by Gasteiger charge is -2.48. The van der Waals surface area contributed by atoms with Gasteiger partial charge in [0, 0.05) is 36.2 Å². The van der Waals surface area contributed by atoms with Gasteiger partial charge in [-0.2, -0.15) is 0 Å². The number of nitrogens with one attached hydrogen (secondary N) is 1. The lowest BCUT2D eigenvalue weighted by Crippen LogP contribution is -2.62. The number of hydrogen-bond acceptors (Lipinski definition) is 4. The maximum Gasteiger partial charge on any atom is 0.107 e. The fourth-order valence-corrected chi connectivity index (χ4v) is 4.13. The molecule has 1 spiro atoms. The van der Waals surface area contributed by atoms with E-state index in [2.05, 4.69) is 27.5 Å². The Morgan fingerprint density at radius 3 is 3.00 bits per heavy atom. The van der Waals surface area contributed by atoms with Gasteiger partial charge in [-0.3, -0.25) is 4.90 Å². The molecule has 4 heteroatoms. The Hall–Kier alpha value is -0.450. The topological polar surface area (TPSA) is 28.2 Å². The summed E-state index contributed by atoms with van der Waals surface area (Å²) in [5, 5.41) is 7.12. The summed E-state index contributed by atoms with van der Waals surface area (Å²) in [6.07, 6.45) is 8.68. The number of hydrogen-bond donors (Lipinski definition) is 1. The maximum atomic E-state index is 4.47. The first-order valence-corrected chi connectivity index (χ1v) is 8.07. The summed E-state index contributed by atoms with van der Waals surface area (Å²) in [4.78, 5) is 7.20. The number of piperazine rings is 1. The molecule has 3 nitrogen and oxygen atoms in total. The minimum absolute atomic E-state index is 0.428. The maximum absolute atomic E-state index is 4.47. The minimum Gasteiger partial charge on any atom is -0.311 e. The second kappa shape index (κ2) is 5.27. The zero-order valence-electron chi connectivity index (χ0n) is 11.2. The van der Waals surface area contributed by atoms with Crippen molar-refractivity contribution in [2.75, 3.05) is 13.1 Å². The second-order valence-corrected chi connectivity index (χ2v) is 6.70. The molecule has 0 amide bonds. The first kappa shape index (κ1) is 12.6. The van der Waals surface area contributed by atoms with E-state index in [-0.39, 0.29) is 0 Å². The predicted octanol–water partition coefficient (Wildman–Crippen LogP) is 2.64. The van der Waals surface area contributed by atoms with Gasteiger partial charge in [0.25, 0.3) is 0 Å². The third-order valence-electron chi connectivity index (χ3n) is 4.67. The zero-order valence-corrected chi connectivity index (χ0v) is 12.0. The van der Waals surface area contributed by atoms with Gasteiger partial charge in [0.2, 0.25) is 0 Å². The highest BCUT2D eigenvalue weighted by molar-refractivity contribution is 7.09. The molecule has 2 heterocycles. The van der Waals surface area contributed by atoms with Crippen molar-refractivity contribution in [2.24, 2.45) is 0 Å². The quantitative estimate of drug-likeness (QED) is 0.910. The Labute approximate surface area is 114 Å². The number of nitrogens with zero attached hydrogens (tertiary/aromatic N) is 2. The molecule has 1 unspecified atom stereocenters. The monoisotopic (exact) mass is 265 g/mol. The van der Waals surface area contributed by atoms with Crippen LogP contribution < -0.4 is 5.32 Å². The van der Waals surface area contributed by atoms with Crippen LogP contribution >= 0.6 is 11.3 Å². The lowest BCUT2D eigenvalue weighted by atomic mass is 9.90. The molecule has 1 saturated carbocycles. The van der Waals surface area contributed by atoms with Crippen molar-refractivity contribution in [2.45, 2.75) is 57.2 Å². The average molecular weight is 265 g/mol. The molecule has 1 N–H and O–H groups in total. The van der Waals surface area contributed by atoms with Crippen LogP contribution in [0.1, 0.15) is 44.0 Å². The van der Waals surface area contributed by atoms with Crippen LogP contribution in [-0.4, -0.2) is 34.6 Å². The molecule has 0 aromatic carbocycles. The van der Waals surface area contributed by atoms with Gasteiger partial charge in [-0.25, -0.2) is 4.98 Å². The lowest BCUT2D eigenvalue weighted by molar-refractivity contribution is 0.0349. The highest BCUT2D eigenvalue weighted by atomic mass is 32.1. The normalized spacial score (nSPS) is 27.9. The molecule has 2 aliphatic rings. The van der Waals surface area contributed by atoms with E-state index in [9.17, 15) is 0 Å². The molecule has 1 aromatic heterocycles. The van der Waals surface area contributed by atoms with E-state index in [1.54, 1.807) is 11.3 Å². The van der Waals surface area contributed by atoms with Crippen LogP contribution in [0.4, 0.5) is 0 Å². The molecule has 100 valence electrons. The van der Waals surface area contributed by atoms with Crippen molar-refractivity contribution in [3.05, 3.63) is 16.6 Å². The Morgan fingerprint density at radius 2 is 2.33 bits per heavy atom. The molecule has 3 rings (SSSR count). The van der Waals surface area contributed by atoms with Gasteiger partial charge in [0.05, 0.1) is 6.54 Å². The van der Waals surface area contributed by atoms with Gasteiger partial charge in [0.15, 0.2) is 0 Å². The van der Waals surface area contributed by atoms with Gasteiger partial charge in [-0.05, 0) is 19.3 Å². The third-order valence-corrected chi connectivity index (χ3v) is 5.43. The summed E-state index contributed by atoms with van der Waals surface area (Å²) in [6, 6.07) is 0.663. The Balaban J connectivity index is 1.76. The third kappa shape index (κ3) is 2.33. The van der Waals surface area contributed by atoms with E-state index < -0.39 is 0 Å². The van der Waals surface area contributed by atoms with E-state index >= 15 is 0 Å². The molecular formula is C14H23N3S. The molecular weight excluding hydrogens is 242 g/mol. The van der Waals surface area contributed by atoms with Gasteiger partial charge < -0.3 is 5.32 Å².